The van der Waals surface area contributed by atoms with Gasteiger partial charge < -0.3 is 4.90 Å². The van der Waals surface area contributed by atoms with Crippen molar-refractivity contribution in [1.29, 1.82) is 0 Å². The van der Waals surface area contributed by atoms with E-state index in [4.69, 9.17) is 0 Å². The lowest BCUT2D eigenvalue weighted by molar-refractivity contribution is -0.126. The number of rotatable bonds is 8. The first-order chi connectivity index (χ1) is 16.1. The molecule has 1 atom stereocenters. The molecule has 0 saturated carbocycles. The molecule has 1 unspecified atom stereocenters. The monoisotopic (exact) mass is 458 g/mol. The molecular weight excluding hydrogens is 428 g/mol. The van der Waals surface area contributed by atoms with Gasteiger partial charge in [-0.05, 0) is 40.5 Å². The van der Waals surface area contributed by atoms with E-state index in [2.05, 4.69) is 58.4 Å². The van der Waals surface area contributed by atoms with Crippen molar-refractivity contribution in [3.8, 4) is 0 Å². The average Bonchev–Trinajstić information content (AvgIpc) is 3.12. The van der Waals surface area contributed by atoms with Gasteiger partial charge in [0.15, 0.2) is 5.17 Å². The summed E-state index contributed by atoms with van der Waals surface area (Å²) in [4.78, 5) is 17.1. The van der Waals surface area contributed by atoms with Crippen molar-refractivity contribution < 1.29 is 4.79 Å². The molecule has 6 heteroatoms. The number of amides is 1. The van der Waals surface area contributed by atoms with Gasteiger partial charge in [-0.15, -0.1) is 5.10 Å². The standard InChI is InChI=1S/C27H30N4OS/c1-4-5-13-25-26(32)31(19-22-11-8-10-21-9-6-7-12-24(21)22)27(33-25)29-28-18-20-14-16-23(17-15-20)30(2)3/h6-12,14-18,25H,4-5,13,19H2,1-3H3. The number of carbonyl (C=O) groups excluding carboxylic acids is 1. The molecular formula is C27H30N4OS. The summed E-state index contributed by atoms with van der Waals surface area (Å²) in [5, 5.41) is 11.7. The molecule has 1 heterocycles. The van der Waals surface area contributed by atoms with Gasteiger partial charge in [0.05, 0.1) is 18.0 Å². The molecule has 0 radical (unpaired) electrons. The van der Waals surface area contributed by atoms with E-state index in [1.165, 1.54) is 22.5 Å². The second-order valence-corrected chi connectivity index (χ2v) is 9.59. The van der Waals surface area contributed by atoms with Crippen LogP contribution in [0.5, 0.6) is 0 Å². The van der Waals surface area contributed by atoms with Gasteiger partial charge in [0.2, 0.25) is 5.91 Å². The van der Waals surface area contributed by atoms with Gasteiger partial charge in [-0.25, -0.2) is 0 Å². The molecule has 0 bridgehead atoms. The maximum atomic E-state index is 13.3. The topological polar surface area (TPSA) is 48.3 Å². The van der Waals surface area contributed by atoms with Crippen molar-refractivity contribution in [1.82, 2.24) is 4.90 Å². The highest BCUT2D eigenvalue weighted by Crippen LogP contribution is 2.33. The average molecular weight is 459 g/mol. The number of nitrogens with zero attached hydrogens (tertiary/aromatic N) is 4. The molecule has 0 spiro atoms. The van der Waals surface area contributed by atoms with Gasteiger partial charge in [0.25, 0.3) is 0 Å². The van der Waals surface area contributed by atoms with Crippen molar-refractivity contribution in [2.75, 3.05) is 19.0 Å². The van der Waals surface area contributed by atoms with Gasteiger partial charge in [-0.1, -0.05) is 86.1 Å². The third kappa shape index (κ3) is 5.45. The van der Waals surface area contributed by atoms with Crippen LogP contribution in [0.3, 0.4) is 0 Å². The summed E-state index contributed by atoms with van der Waals surface area (Å²) in [6, 6.07) is 22.7. The van der Waals surface area contributed by atoms with Gasteiger partial charge in [-0.2, -0.15) is 5.10 Å². The van der Waals surface area contributed by atoms with Crippen molar-refractivity contribution in [3.63, 3.8) is 0 Å². The van der Waals surface area contributed by atoms with E-state index in [0.717, 1.165) is 36.1 Å². The molecule has 170 valence electrons. The molecule has 1 saturated heterocycles. The lowest BCUT2D eigenvalue weighted by Gasteiger charge is -2.17. The Morgan fingerprint density at radius 3 is 2.55 bits per heavy atom. The number of unbranched alkanes of at least 4 members (excludes halogenated alkanes) is 1. The molecule has 1 aliphatic rings. The van der Waals surface area contributed by atoms with E-state index in [-0.39, 0.29) is 11.2 Å². The van der Waals surface area contributed by atoms with E-state index in [1.807, 2.05) is 44.4 Å². The van der Waals surface area contributed by atoms with Gasteiger partial charge in [0.1, 0.15) is 0 Å². The SMILES string of the molecule is CCCCC1SC(=NN=Cc2ccc(N(C)C)cc2)N(Cc2cccc3ccccc23)C1=O. The van der Waals surface area contributed by atoms with Crippen LogP contribution in [0.2, 0.25) is 0 Å². The number of hydrogen-bond donors (Lipinski definition) is 0. The van der Waals surface area contributed by atoms with Crippen LogP contribution in [0.25, 0.3) is 10.8 Å². The zero-order valence-corrected chi connectivity index (χ0v) is 20.3. The molecule has 4 rings (SSSR count). The minimum absolute atomic E-state index is 0.0896. The summed E-state index contributed by atoms with van der Waals surface area (Å²) in [6.45, 7) is 2.65. The molecule has 1 aliphatic heterocycles. The largest absolute Gasteiger partial charge is 0.378 e. The Hall–Kier alpha value is -3.12. The van der Waals surface area contributed by atoms with E-state index in [0.29, 0.717) is 11.7 Å². The third-order valence-corrected chi connectivity index (χ3v) is 7.04. The first kappa shape index (κ1) is 23.1. The van der Waals surface area contributed by atoms with Crippen LogP contribution < -0.4 is 4.90 Å². The highest BCUT2D eigenvalue weighted by Gasteiger charge is 2.37. The molecule has 5 nitrogen and oxygen atoms in total. The van der Waals surface area contributed by atoms with Crippen LogP contribution >= 0.6 is 11.8 Å². The normalized spacial score (nSPS) is 17.5. The fraction of sp³-hybridized carbons (Fsp3) is 0.296. The number of benzene rings is 3. The van der Waals surface area contributed by atoms with Crippen molar-refractivity contribution in [3.05, 3.63) is 77.9 Å². The minimum atomic E-state index is -0.0896. The molecule has 1 fully saturated rings. The Morgan fingerprint density at radius 1 is 1.03 bits per heavy atom. The summed E-state index contributed by atoms with van der Waals surface area (Å²) in [7, 11) is 4.03. The maximum Gasteiger partial charge on any atom is 0.242 e. The lowest BCUT2D eigenvalue weighted by atomic mass is 10.0. The molecule has 1 amide bonds. The quantitative estimate of drug-likeness (QED) is 0.310. The van der Waals surface area contributed by atoms with Crippen LogP contribution in [0.15, 0.2) is 76.9 Å². The molecule has 3 aromatic rings. The molecule has 33 heavy (non-hydrogen) atoms. The smallest absolute Gasteiger partial charge is 0.242 e. The number of carbonyl (C=O) groups is 1. The van der Waals surface area contributed by atoms with Crippen molar-refractivity contribution in [2.45, 2.75) is 38.0 Å². The number of thioether (sulfide) groups is 1. The Labute approximate surface area is 200 Å². The molecule has 0 aromatic heterocycles. The Kier molecular flexibility index (Phi) is 7.45. The summed E-state index contributed by atoms with van der Waals surface area (Å²) in [5.41, 5.74) is 3.23. The minimum Gasteiger partial charge on any atom is -0.378 e. The predicted octanol–water partition coefficient (Wildman–Crippen LogP) is 5.93. The molecule has 3 aromatic carbocycles. The summed E-state index contributed by atoms with van der Waals surface area (Å²) in [6.07, 6.45) is 4.70. The number of anilines is 1. The molecule has 0 aliphatic carbocycles. The van der Waals surface area contributed by atoms with Crippen molar-refractivity contribution >= 4 is 45.5 Å². The first-order valence-corrected chi connectivity index (χ1v) is 12.3. The van der Waals surface area contributed by atoms with Crippen LogP contribution in [0, 0.1) is 0 Å². The van der Waals surface area contributed by atoms with E-state index in [1.54, 1.807) is 11.1 Å². The summed E-state index contributed by atoms with van der Waals surface area (Å²) in [5.74, 6) is 0.130. The Bertz CT molecular complexity index is 1160. The van der Waals surface area contributed by atoms with Crippen molar-refractivity contribution in [2.24, 2.45) is 10.2 Å². The Balaban J connectivity index is 1.58. The fourth-order valence-electron chi connectivity index (χ4n) is 3.91. The zero-order valence-electron chi connectivity index (χ0n) is 19.4. The third-order valence-electron chi connectivity index (χ3n) is 5.81. The van der Waals surface area contributed by atoms with Crippen LogP contribution in [0.4, 0.5) is 5.69 Å². The number of fused-ring (bicyclic) bond motifs is 1. The summed E-state index contributed by atoms with van der Waals surface area (Å²) >= 11 is 1.54. The maximum absolute atomic E-state index is 13.3. The van der Waals surface area contributed by atoms with Crippen LogP contribution in [0.1, 0.15) is 37.3 Å². The first-order valence-electron chi connectivity index (χ1n) is 11.4. The van der Waals surface area contributed by atoms with E-state index >= 15 is 0 Å². The Morgan fingerprint density at radius 2 is 1.79 bits per heavy atom. The van der Waals surface area contributed by atoms with Crippen LogP contribution in [-0.2, 0) is 11.3 Å². The fourth-order valence-corrected chi connectivity index (χ4v) is 5.05. The zero-order chi connectivity index (χ0) is 23.2. The predicted molar refractivity (Wildman–Crippen MR) is 141 cm³/mol. The second kappa shape index (κ2) is 10.7. The second-order valence-electron chi connectivity index (χ2n) is 8.42. The van der Waals surface area contributed by atoms with E-state index < -0.39 is 0 Å². The van der Waals surface area contributed by atoms with Gasteiger partial charge in [-0.3, -0.25) is 9.69 Å². The van der Waals surface area contributed by atoms with Gasteiger partial charge >= 0.3 is 0 Å². The van der Waals surface area contributed by atoms with Gasteiger partial charge in [0, 0.05) is 19.8 Å². The highest BCUT2D eigenvalue weighted by atomic mass is 32.2. The highest BCUT2D eigenvalue weighted by molar-refractivity contribution is 8.15. The van der Waals surface area contributed by atoms with Crippen LogP contribution in [-0.4, -0.2) is 41.5 Å². The summed E-state index contributed by atoms with van der Waals surface area (Å²) < 4.78 is 0. The number of hydrogen-bond acceptors (Lipinski definition) is 5. The van der Waals surface area contributed by atoms with E-state index in [9.17, 15) is 4.79 Å². The molecule has 0 N–H and O–H groups in total. The number of amidine groups is 1. The lowest BCUT2D eigenvalue weighted by Crippen LogP contribution is -2.31.